The Balaban J connectivity index is 2.15. The van der Waals surface area contributed by atoms with Crippen LogP contribution >= 0.6 is 12.2 Å². The molecule has 2 nitrogen and oxygen atoms in total. The largest absolute Gasteiger partial charge is 0.461 e. The van der Waals surface area contributed by atoms with Gasteiger partial charge in [-0.3, -0.25) is 0 Å². The smallest absolute Gasteiger partial charge is 0.171 e. The molecule has 0 bridgehead atoms. The van der Waals surface area contributed by atoms with Crippen LogP contribution in [-0.4, -0.2) is 0 Å². The van der Waals surface area contributed by atoms with Gasteiger partial charge in [-0.05, 0) is 18.2 Å². The fourth-order valence-corrected chi connectivity index (χ4v) is 1.98. The lowest BCUT2D eigenvalue weighted by atomic mass is 10.1. The summed E-state index contributed by atoms with van der Waals surface area (Å²) in [4.78, 5) is 0. The SMILES string of the molecule is S=c1cc(-c2ccccc2)oc(-c2ccco2)c1. The minimum Gasteiger partial charge on any atom is -0.461 e. The van der Waals surface area contributed by atoms with Crippen LogP contribution in [0, 0.1) is 4.51 Å². The summed E-state index contributed by atoms with van der Waals surface area (Å²) in [6.45, 7) is 0. The van der Waals surface area contributed by atoms with E-state index in [-0.39, 0.29) is 0 Å². The summed E-state index contributed by atoms with van der Waals surface area (Å²) < 4.78 is 11.9. The summed E-state index contributed by atoms with van der Waals surface area (Å²) in [5, 5.41) is 0. The zero-order chi connectivity index (χ0) is 12.4. The number of hydrogen-bond acceptors (Lipinski definition) is 3. The van der Waals surface area contributed by atoms with E-state index < -0.39 is 0 Å². The first kappa shape index (κ1) is 11.0. The van der Waals surface area contributed by atoms with Crippen molar-refractivity contribution in [2.45, 2.75) is 0 Å². The van der Waals surface area contributed by atoms with Crippen LogP contribution in [0.5, 0.6) is 0 Å². The van der Waals surface area contributed by atoms with E-state index in [4.69, 9.17) is 21.1 Å². The number of benzene rings is 1. The van der Waals surface area contributed by atoms with Crippen LogP contribution in [0.15, 0.2) is 69.7 Å². The molecule has 0 aliphatic carbocycles. The average molecular weight is 254 g/mol. The molecule has 0 atom stereocenters. The lowest BCUT2D eigenvalue weighted by Gasteiger charge is -2.03. The summed E-state index contributed by atoms with van der Waals surface area (Å²) in [5.41, 5.74) is 0.997. The highest BCUT2D eigenvalue weighted by Crippen LogP contribution is 2.27. The van der Waals surface area contributed by atoms with E-state index in [2.05, 4.69) is 0 Å². The summed E-state index contributed by atoms with van der Waals surface area (Å²) in [7, 11) is 0. The molecule has 0 aliphatic heterocycles. The zero-order valence-electron chi connectivity index (χ0n) is 9.50. The van der Waals surface area contributed by atoms with E-state index >= 15 is 0 Å². The Kier molecular flexibility index (Phi) is 2.82. The van der Waals surface area contributed by atoms with Crippen molar-refractivity contribution in [3.63, 3.8) is 0 Å². The van der Waals surface area contributed by atoms with E-state index in [1.807, 2.05) is 48.5 Å². The van der Waals surface area contributed by atoms with Gasteiger partial charge in [-0.25, -0.2) is 0 Å². The molecule has 88 valence electrons. The second-order valence-electron chi connectivity index (χ2n) is 3.86. The van der Waals surface area contributed by atoms with Crippen LogP contribution in [0.2, 0.25) is 0 Å². The van der Waals surface area contributed by atoms with Gasteiger partial charge in [0.05, 0.1) is 6.26 Å². The average Bonchev–Trinajstić information content (AvgIpc) is 2.93. The molecule has 0 fully saturated rings. The molecule has 0 radical (unpaired) electrons. The third kappa shape index (κ3) is 2.13. The summed E-state index contributed by atoms with van der Waals surface area (Å²) in [6.07, 6.45) is 1.61. The third-order valence-corrected chi connectivity index (χ3v) is 2.82. The first-order chi connectivity index (χ1) is 8.83. The Bertz CT molecular complexity index is 697. The monoisotopic (exact) mass is 254 g/mol. The van der Waals surface area contributed by atoms with Gasteiger partial charge in [0.25, 0.3) is 0 Å². The van der Waals surface area contributed by atoms with Crippen molar-refractivity contribution >= 4 is 12.2 Å². The predicted octanol–water partition coefficient (Wildman–Crippen LogP) is 4.94. The minimum atomic E-state index is 0.645. The van der Waals surface area contributed by atoms with Crippen molar-refractivity contribution in [3.8, 4) is 22.8 Å². The Labute approximate surface area is 110 Å². The highest BCUT2D eigenvalue weighted by molar-refractivity contribution is 7.71. The molecule has 3 heteroatoms. The van der Waals surface area contributed by atoms with Crippen molar-refractivity contribution in [1.29, 1.82) is 0 Å². The number of rotatable bonds is 2. The molecular weight excluding hydrogens is 244 g/mol. The van der Waals surface area contributed by atoms with Gasteiger partial charge in [0.15, 0.2) is 11.5 Å². The third-order valence-electron chi connectivity index (χ3n) is 2.59. The van der Waals surface area contributed by atoms with Gasteiger partial charge < -0.3 is 8.83 Å². The molecule has 0 unspecified atom stereocenters. The molecule has 0 spiro atoms. The van der Waals surface area contributed by atoms with Gasteiger partial charge in [0.2, 0.25) is 0 Å². The summed E-state index contributed by atoms with van der Waals surface area (Å²) >= 11 is 5.26. The molecule has 3 rings (SSSR count). The quantitative estimate of drug-likeness (QED) is 0.606. The van der Waals surface area contributed by atoms with Crippen LogP contribution in [0.1, 0.15) is 0 Å². The normalized spacial score (nSPS) is 10.4. The maximum Gasteiger partial charge on any atom is 0.171 e. The highest BCUT2D eigenvalue weighted by Gasteiger charge is 2.07. The van der Waals surface area contributed by atoms with Gasteiger partial charge in [0.1, 0.15) is 5.76 Å². The van der Waals surface area contributed by atoms with Crippen LogP contribution in [0.3, 0.4) is 0 Å². The van der Waals surface area contributed by atoms with Gasteiger partial charge >= 0.3 is 0 Å². The van der Waals surface area contributed by atoms with E-state index in [9.17, 15) is 0 Å². The van der Waals surface area contributed by atoms with Gasteiger partial charge in [-0.1, -0.05) is 42.5 Å². The zero-order valence-corrected chi connectivity index (χ0v) is 10.3. The second kappa shape index (κ2) is 4.63. The van der Waals surface area contributed by atoms with Gasteiger partial charge in [-0.2, -0.15) is 0 Å². The topological polar surface area (TPSA) is 26.3 Å². The second-order valence-corrected chi connectivity index (χ2v) is 4.34. The van der Waals surface area contributed by atoms with Crippen molar-refractivity contribution < 1.29 is 8.83 Å². The van der Waals surface area contributed by atoms with Crippen LogP contribution in [0.25, 0.3) is 22.8 Å². The van der Waals surface area contributed by atoms with E-state index in [1.165, 1.54) is 0 Å². The van der Waals surface area contributed by atoms with Crippen LogP contribution in [-0.2, 0) is 0 Å². The molecule has 0 aliphatic rings. The molecule has 0 N–H and O–H groups in total. The van der Waals surface area contributed by atoms with Crippen molar-refractivity contribution in [2.24, 2.45) is 0 Å². The molecule has 18 heavy (non-hydrogen) atoms. The lowest BCUT2D eigenvalue weighted by molar-refractivity contribution is 0.522. The molecule has 1 aromatic carbocycles. The van der Waals surface area contributed by atoms with E-state index in [0.717, 1.165) is 15.8 Å². The molecule has 0 saturated heterocycles. The van der Waals surface area contributed by atoms with E-state index in [1.54, 1.807) is 12.3 Å². The van der Waals surface area contributed by atoms with Crippen LogP contribution < -0.4 is 0 Å². The summed E-state index contributed by atoms with van der Waals surface area (Å²) in [6, 6.07) is 17.2. The minimum absolute atomic E-state index is 0.645. The fourth-order valence-electron chi connectivity index (χ4n) is 1.76. The molecular formula is C15H10O2S. The first-order valence-electron chi connectivity index (χ1n) is 5.57. The Morgan fingerprint density at radius 2 is 1.56 bits per heavy atom. The molecule has 0 amide bonds. The number of furan rings is 1. The summed E-state index contributed by atoms with van der Waals surface area (Å²) in [5.74, 6) is 2.07. The maximum atomic E-state index is 5.83. The number of hydrogen-bond donors (Lipinski definition) is 0. The Morgan fingerprint density at radius 3 is 2.28 bits per heavy atom. The predicted molar refractivity (Wildman–Crippen MR) is 72.7 cm³/mol. The standard InChI is InChI=1S/C15H10O2S/c18-12-9-14(11-5-2-1-3-6-11)17-15(10-12)13-7-4-8-16-13/h1-10H. The van der Waals surface area contributed by atoms with E-state index in [0.29, 0.717) is 11.5 Å². The van der Waals surface area contributed by atoms with Gasteiger partial charge in [0, 0.05) is 16.1 Å². The maximum absolute atomic E-state index is 5.83. The molecule has 2 aromatic heterocycles. The molecule has 0 saturated carbocycles. The lowest BCUT2D eigenvalue weighted by Crippen LogP contribution is -1.80. The molecule has 3 aromatic rings. The Hall–Kier alpha value is -2.13. The van der Waals surface area contributed by atoms with Crippen LogP contribution in [0.4, 0.5) is 0 Å². The highest BCUT2D eigenvalue weighted by atomic mass is 32.1. The van der Waals surface area contributed by atoms with Crippen molar-refractivity contribution in [3.05, 3.63) is 65.4 Å². The fraction of sp³-hybridized carbons (Fsp3) is 0. The first-order valence-corrected chi connectivity index (χ1v) is 5.98. The van der Waals surface area contributed by atoms with Gasteiger partial charge in [-0.15, -0.1) is 0 Å². The Morgan fingerprint density at radius 1 is 0.778 bits per heavy atom. The van der Waals surface area contributed by atoms with Crippen molar-refractivity contribution in [2.75, 3.05) is 0 Å². The molecule has 2 heterocycles. The van der Waals surface area contributed by atoms with Crippen molar-refractivity contribution in [1.82, 2.24) is 0 Å².